The SMILES string of the molecule is CC1=C(CCC(=O)O)c2cc3[nH+]c(cc4[nH]c(cc4C)cc4[nH]c(cc1[nH+]2)cc4C)C(C)=C3CCC(=O)O.[Cl-].[Cl-]. The van der Waals surface area contributed by atoms with Crippen LogP contribution in [0.1, 0.15) is 73.4 Å². The van der Waals surface area contributed by atoms with Gasteiger partial charge in [-0.3, -0.25) is 9.59 Å². The van der Waals surface area contributed by atoms with Crippen LogP contribution in [0.4, 0.5) is 0 Å². The zero-order valence-corrected chi connectivity index (χ0v) is 24.3. The van der Waals surface area contributed by atoms with Gasteiger partial charge in [0.25, 0.3) is 0 Å². The Balaban J connectivity index is 0.00000220. The van der Waals surface area contributed by atoms with Gasteiger partial charge in [0.15, 0.2) is 0 Å². The summed E-state index contributed by atoms with van der Waals surface area (Å²) < 4.78 is 0. The van der Waals surface area contributed by atoms with Crippen LogP contribution in [0.15, 0.2) is 36.4 Å². The van der Waals surface area contributed by atoms with Crippen LogP contribution < -0.4 is 34.8 Å². The number of aliphatic carboxylic acids is 2. The van der Waals surface area contributed by atoms with Crippen molar-refractivity contribution >= 4 is 56.3 Å². The Labute approximate surface area is 244 Å². The molecule has 0 fully saturated rings. The first-order chi connectivity index (χ1) is 18.1. The number of fused-ring (bicyclic) bond motifs is 8. The van der Waals surface area contributed by atoms with Crippen LogP contribution in [-0.2, 0) is 9.59 Å². The normalized spacial score (nSPS) is 12.7. The number of carboxylic acid groups (broad SMARTS) is 2. The van der Waals surface area contributed by atoms with E-state index < -0.39 is 11.9 Å². The largest absolute Gasteiger partial charge is 1.00 e. The molecule has 8 bridgehead atoms. The van der Waals surface area contributed by atoms with Crippen molar-refractivity contribution in [3.8, 4) is 0 Å². The van der Waals surface area contributed by atoms with Crippen molar-refractivity contribution in [2.24, 2.45) is 0 Å². The second kappa shape index (κ2) is 12.1. The van der Waals surface area contributed by atoms with E-state index in [4.69, 9.17) is 0 Å². The highest BCUT2D eigenvalue weighted by atomic mass is 35.5. The van der Waals surface area contributed by atoms with Crippen LogP contribution in [0.2, 0.25) is 0 Å². The van der Waals surface area contributed by atoms with E-state index in [2.05, 4.69) is 58.0 Å². The Morgan fingerprint density at radius 2 is 1.05 bits per heavy atom. The maximum atomic E-state index is 11.4. The zero-order valence-electron chi connectivity index (χ0n) is 22.8. The molecule has 5 rings (SSSR count). The Hall–Kier alpha value is -3.88. The monoisotopic (exact) mass is 582 g/mol. The molecule has 0 saturated heterocycles. The molecule has 0 spiro atoms. The van der Waals surface area contributed by atoms with E-state index in [1.54, 1.807) is 0 Å². The van der Waals surface area contributed by atoms with Gasteiger partial charge in [-0.25, -0.2) is 9.97 Å². The van der Waals surface area contributed by atoms with Gasteiger partial charge in [0.2, 0.25) is 22.8 Å². The number of rotatable bonds is 6. The summed E-state index contributed by atoms with van der Waals surface area (Å²) in [5.74, 6) is -1.70. The molecule has 0 radical (unpaired) electrons. The molecule has 40 heavy (non-hydrogen) atoms. The predicted molar refractivity (Wildman–Crippen MR) is 147 cm³/mol. The third kappa shape index (κ3) is 6.13. The standard InChI is InChI=1S/C30H30N4O4.2ClH/c1-15-9-20-12-25-17(3)21(5-7-29(35)36)27(33-25)14-28-22(6-8-30(37)38)18(4)26(34-28)13-24-16(2)10-19(32-24)11-23(15)31-20;;/h9-14,31-32H,5-8H2,1-4H3,(H,35,36)(H,37,38);2*1H. The number of halogens is 2. The van der Waals surface area contributed by atoms with Gasteiger partial charge in [0, 0.05) is 69.3 Å². The van der Waals surface area contributed by atoms with E-state index in [0.717, 1.165) is 78.3 Å². The van der Waals surface area contributed by atoms with E-state index in [1.165, 1.54) is 0 Å². The summed E-state index contributed by atoms with van der Waals surface area (Å²) in [6, 6.07) is 12.4. The number of allylic oxidation sites excluding steroid dienone is 4. The lowest BCUT2D eigenvalue weighted by molar-refractivity contribution is -0.388. The molecule has 0 amide bonds. The highest BCUT2D eigenvalue weighted by Crippen LogP contribution is 2.34. The summed E-state index contributed by atoms with van der Waals surface area (Å²) in [7, 11) is 0. The molecule has 10 heteroatoms. The summed E-state index contributed by atoms with van der Waals surface area (Å²) in [5.41, 5.74) is 13.4. The molecule has 3 aromatic rings. The molecule has 6 N–H and O–H groups in total. The molecule has 210 valence electrons. The molecule has 5 heterocycles. The highest BCUT2D eigenvalue weighted by molar-refractivity contribution is 5.93. The van der Waals surface area contributed by atoms with Gasteiger partial charge in [-0.1, -0.05) is 0 Å². The van der Waals surface area contributed by atoms with Crippen molar-refractivity contribution in [3.05, 3.63) is 70.3 Å². The van der Waals surface area contributed by atoms with Crippen molar-refractivity contribution in [2.75, 3.05) is 0 Å². The minimum absolute atomic E-state index is 0. The van der Waals surface area contributed by atoms with Crippen LogP contribution >= 0.6 is 0 Å². The highest BCUT2D eigenvalue weighted by Gasteiger charge is 2.29. The lowest BCUT2D eigenvalue weighted by Crippen LogP contribution is -3.00. The first kappa shape index (κ1) is 30.7. The van der Waals surface area contributed by atoms with Gasteiger partial charge in [-0.15, -0.1) is 0 Å². The second-order valence-electron chi connectivity index (χ2n) is 10.1. The van der Waals surface area contributed by atoms with Gasteiger partial charge >= 0.3 is 11.9 Å². The van der Waals surface area contributed by atoms with E-state index >= 15 is 0 Å². The fraction of sp³-hybridized carbons (Fsp3) is 0.267. The number of aromatic nitrogens is 4. The van der Waals surface area contributed by atoms with Gasteiger partial charge < -0.3 is 45.0 Å². The Morgan fingerprint density at radius 3 is 1.52 bits per heavy atom. The van der Waals surface area contributed by atoms with Gasteiger partial charge in [0.1, 0.15) is 0 Å². The number of hydrogen-bond acceptors (Lipinski definition) is 2. The summed E-state index contributed by atoms with van der Waals surface area (Å²) in [5, 5.41) is 18.8. The van der Waals surface area contributed by atoms with Gasteiger partial charge in [-0.05, 0) is 69.9 Å². The van der Waals surface area contributed by atoms with Crippen LogP contribution in [0.3, 0.4) is 0 Å². The molecular formula is C30H32Cl2N4O4. The van der Waals surface area contributed by atoms with Gasteiger partial charge in [-0.2, -0.15) is 0 Å². The number of H-pyrrole nitrogens is 4. The molecule has 3 aromatic heterocycles. The van der Waals surface area contributed by atoms with Crippen molar-refractivity contribution < 1.29 is 54.6 Å². The Kier molecular flexibility index (Phi) is 9.28. The van der Waals surface area contributed by atoms with Crippen LogP contribution in [0, 0.1) is 13.8 Å². The van der Waals surface area contributed by atoms with E-state index in [1.807, 2.05) is 26.0 Å². The summed E-state index contributed by atoms with van der Waals surface area (Å²) >= 11 is 0. The maximum absolute atomic E-state index is 11.4. The lowest BCUT2D eigenvalue weighted by atomic mass is 9.98. The second-order valence-corrected chi connectivity index (χ2v) is 10.1. The van der Waals surface area contributed by atoms with E-state index in [0.29, 0.717) is 12.8 Å². The molecule has 0 aromatic carbocycles. The Bertz CT molecular complexity index is 1730. The first-order valence-corrected chi connectivity index (χ1v) is 12.7. The fourth-order valence-electron chi connectivity index (χ4n) is 5.26. The minimum atomic E-state index is -0.851. The van der Waals surface area contributed by atoms with Crippen molar-refractivity contribution in [2.45, 2.75) is 53.4 Å². The number of hydrogen-bond donors (Lipinski definition) is 4. The molecule has 2 aliphatic heterocycles. The van der Waals surface area contributed by atoms with Crippen LogP contribution in [0.5, 0.6) is 0 Å². The maximum Gasteiger partial charge on any atom is 0.303 e. The lowest BCUT2D eigenvalue weighted by Gasteiger charge is -1.99. The smallest absolute Gasteiger partial charge is 0.303 e. The van der Waals surface area contributed by atoms with Crippen LogP contribution in [-0.4, -0.2) is 32.1 Å². The first-order valence-electron chi connectivity index (χ1n) is 12.7. The van der Waals surface area contributed by atoms with E-state index in [9.17, 15) is 19.8 Å². The molecule has 0 saturated carbocycles. The number of aromatic amines is 4. The Morgan fingerprint density at radius 1 is 0.625 bits per heavy atom. The zero-order chi connectivity index (χ0) is 27.1. The van der Waals surface area contributed by atoms with Crippen molar-refractivity contribution in [1.29, 1.82) is 0 Å². The summed E-state index contributed by atoms with van der Waals surface area (Å²) in [6.07, 6.45) is 0.798. The number of carbonyl (C=O) groups is 2. The topological polar surface area (TPSA) is 134 Å². The molecular weight excluding hydrogens is 551 g/mol. The van der Waals surface area contributed by atoms with E-state index in [-0.39, 0.29) is 37.7 Å². The number of carboxylic acids is 2. The predicted octanol–water partition coefficient (Wildman–Crippen LogP) is -0.631. The quantitative estimate of drug-likeness (QED) is 0.308. The molecule has 8 nitrogen and oxygen atoms in total. The minimum Gasteiger partial charge on any atom is -1.00 e. The third-order valence-corrected chi connectivity index (χ3v) is 7.41. The average molecular weight is 584 g/mol. The number of aryl methyl sites for hydroxylation is 2. The van der Waals surface area contributed by atoms with Crippen molar-refractivity contribution in [1.82, 2.24) is 9.97 Å². The molecule has 2 aliphatic rings. The van der Waals surface area contributed by atoms with Crippen LogP contribution in [0.25, 0.3) is 44.4 Å². The summed E-state index contributed by atoms with van der Waals surface area (Å²) in [4.78, 5) is 36.9. The number of nitrogens with one attached hydrogen (secondary N) is 4. The fourth-order valence-corrected chi connectivity index (χ4v) is 5.26. The third-order valence-electron chi connectivity index (χ3n) is 7.41. The van der Waals surface area contributed by atoms with Gasteiger partial charge in [0.05, 0.1) is 6.07 Å². The molecule has 0 aliphatic carbocycles. The van der Waals surface area contributed by atoms with Crippen molar-refractivity contribution in [3.63, 3.8) is 0 Å². The molecule has 0 unspecified atom stereocenters. The average Bonchev–Trinajstić information content (AvgIpc) is 3.53. The molecule has 0 atom stereocenters. The summed E-state index contributed by atoms with van der Waals surface area (Å²) in [6.45, 7) is 8.13.